The van der Waals surface area contributed by atoms with Gasteiger partial charge < -0.3 is 9.73 Å². The van der Waals surface area contributed by atoms with Crippen molar-refractivity contribution in [1.29, 1.82) is 0 Å². The molecule has 3 aromatic heterocycles. The first-order chi connectivity index (χ1) is 16.1. The number of aryl methyl sites for hydroxylation is 3. The fraction of sp³-hybridized carbons (Fsp3) is 0.462. The minimum absolute atomic E-state index is 0.365. The number of nitrogens with zero attached hydrogens (tertiary/aromatic N) is 5. The normalized spacial score (nSPS) is 14.3. The van der Waals surface area contributed by atoms with Crippen LogP contribution in [0.2, 0.25) is 0 Å². The van der Waals surface area contributed by atoms with Crippen LogP contribution in [0.15, 0.2) is 34.7 Å². The van der Waals surface area contributed by atoms with Crippen LogP contribution in [-0.4, -0.2) is 37.9 Å². The van der Waals surface area contributed by atoms with Gasteiger partial charge in [-0.2, -0.15) is 5.10 Å². The van der Waals surface area contributed by atoms with Crippen LogP contribution in [0.3, 0.4) is 0 Å². The summed E-state index contributed by atoms with van der Waals surface area (Å²) in [5.74, 6) is 1.72. The van der Waals surface area contributed by atoms with Gasteiger partial charge in [0, 0.05) is 34.9 Å². The Labute approximate surface area is 195 Å². The number of nitrogens with one attached hydrogen (secondary N) is 1. The number of hydrogen-bond acceptors (Lipinski definition) is 6. The molecule has 0 saturated carbocycles. The average Bonchev–Trinajstić information content (AvgIpc) is 3.47. The molecule has 0 atom stereocenters. The number of benzene rings is 1. The van der Waals surface area contributed by atoms with Crippen molar-refractivity contribution >= 4 is 5.65 Å². The van der Waals surface area contributed by atoms with E-state index in [1.165, 1.54) is 11.1 Å². The maximum Gasteiger partial charge on any atom is 0.247 e. The molecule has 0 aliphatic carbocycles. The lowest BCUT2D eigenvalue weighted by molar-refractivity contribution is 0.378. The molecule has 1 aromatic carbocycles. The van der Waals surface area contributed by atoms with Gasteiger partial charge in [0.25, 0.3) is 0 Å². The third kappa shape index (κ3) is 4.83. The molecule has 1 fully saturated rings. The van der Waals surface area contributed by atoms with Gasteiger partial charge in [0.1, 0.15) is 0 Å². The van der Waals surface area contributed by atoms with Crippen LogP contribution in [0.25, 0.3) is 17.1 Å². The standard InChI is InChI=1S/C24H28N6O.C2H6/c1-4-21-20(22-26-15(2)13-16(3)30(22)29-21)14-17-5-7-18(8-6-17)23-27-28-24(31-23)19-9-11-25-12-10-19;1-2/h5-8,13,19,25H,4,9-12,14H2,1-3H3;1-2H3. The van der Waals surface area contributed by atoms with E-state index in [-0.39, 0.29) is 0 Å². The second-order valence-electron chi connectivity index (χ2n) is 8.40. The van der Waals surface area contributed by atoms with Gasteiger partial charge in [0.15, 0.2) is 5.65 Å². The molecule has 1 saturated heterocycles. The molecule has 4 heterocycles. The van der Waals surface area contributed by atoms with Gasteiger partial charge in [-0.1, -0.05) is 32.9 Å². The zero-order valence-corrected chi connectivity index (χ0v) is 20.4. The zero-order chi connectivity index (χ0) is 23.4. The van der Waals surface area contributed by atoms with Crippen molar-refractivity contribution in [3.8, 4) is 11.5 Å². The number of aromatic nitrogens is 5. The van der Waals surface area contributed by atoms with E-state index in [2.05, 4.69) is 59.7 Å². The predicted molar refractivity (Wildman–Crippen MR) is 131 cm³/mol. The molecule has 0 spiro atoms. The van der Waals surface area contributed by atoms with Crippen molar-refractivity contribution in [2.24, 2.45) is 0 Å². The van der Waals surface area contributed by atoms with Crippen LogP contribution < -0.4 is 5.32 Å². The first-order valence-electron chi connectivity index (χ1n) is 12.1. The number of piperidine rings is 1. The van der Waals surface area contributed by atoms with Crippen LogP contribution >= 0.6 is 0 Å². The third-order valence-electron chi connectivity index (χ3n) is 6.12. The minimum Gasteiger partial charge on any atom is -0.420 e. The summed E-state index contributed by atoms with van der Waals surface area (Å²) in [5, 5.41) is 16.8. The van der Waals surface area contributed by atoms with Crippen LogP contribution in [0, 0.1) is 13.8 Å². The van der Waals surface area contributed by atoms with E-state index in [0.717, 1.165) is 73.0 Å². The Bertz CT molecular complexity index is 1200. The van der Waals surface area contributed by atoms with Crippen LogP contribution in [0.1, 0.15) is 73.6 Å². The fourth-order valence-electron chi connectivity index (χ4n) is 4.43. The van der Waals surface area contributed by atoms with Gasteiger partial charge in [-0.3, -0.25) is 0 Å². The Hall–Kier alpha value is -3.06. The van der Waals surface area contributed by atoms with Crippen molar-refractivity contribution in [2.75, 3.05) is 13.1 Å². The number of hydrogen-bond donors (Lipinski definition) is 1. The van der Waals surface area contributed by atoms with E-state index in [1.807, 2.05) is 25.3 Å². The quantitative estimate of drug-likeness (QED) is 0.462. The Balaban J connectivity index is 0.00000126. The summed E-state index contributed by atoms with van der Waals surface area (Å²) in [6.07, 6.45) is 3.78. The molecule has 0 bridgehead atoms. The second kappa shape index (κ2) is 10.3. The van der Waals surface area contributed by atoms with Gasteiger partial charge >= 0.3 is 0 Å². The lowest BCUT2D eigenvalue weighted by Gasteiger charge is -2.18. The fourth-order valence-corrected chi connectivity index (χ4v) is 4.43. The van der Waals surface area contributed by atoms with Crippen molar-refractivity contribution in [3.63, 3.8) is 0 Å². The van der Waals surface area contributed by atoms with Crippen molar-refractivity contribution in [2.45, 2.75) is 66.2 Å². The second-order valence-corrected chi connectivity index (χ2v) is 8.40. The van der Waals surface area contributed by atoms with E-state index in [0.29, 0.717) is 11.8 Å². The summed E-state index contributed by atoms with van der Waals surface area (Å²) < 4.78 is 7.97. The van der Waals surface area contributed by atoms with E-state index in [9.17, 15) is 0 Å². The maximum atomic E-state index is 6.00. The van der Waals surface area contributed by atoms with Crippen molar-refractivity contribution < 1.29 is 4.42 Å². The molecule has 1 aliphatic heterocycles. The Kier molecular flexibility index (Phi) is 7.18. The Morgan fingerprint density at radius 3 is 2.48 bits per heavy atom. The van der Waals surface area contributed by atoms with Crippen LogP contribution in [-0.2, 0) is 12.8 Å². The highest BCUT2D eigenvalue weighted by Crippen LogP contribution is 2.28. The van der Waals surface area contributed by atoms with Gasteiger partial charge in [0.05, 0.1) is 5.69 Å². The lowest BCUT2D eigenvalue weighted by atomic mass is 9.98. The first kappa shape index (κ1) is 23.1. The summed E-state index contributed by atoms with van der Waals surface area (Å²) in [4.78, 5) is 4.78. The van der Waals surface area contributed by atoms with Crippen molar-refractivity contribution in [1.82, 2.24) is 30.1 Å². The van der Waals surface area contributed by atoms with Crippen LogP contribution in [0.5, 0.6) is 0 Å². The Morgan fingerprint density at radius 2 is 1.79 bits per heavy atom. The molecule has 1 aliphatic rings. The number of rotatable bonds is 5. The minimum atomic E-state index is 0.365. The molecule has 7 heteroatoms. The summed E-state index contributed by atoms with van der Waals surface area (Å²) in [7, 11) is 0. The SMILES string of the molecule is CC.CCc1nn2c(C)cc(C)nc2c1Cc1ccc(-c2nnc(C3CCNCC3)o2)cc1. The lowest BCUT2D eigenvalue weighted by Crippen LogP contribution is -2.26. The van der Waals surface area contributed by atoms with Crippen LogP contribution in [0.4, 0.5) is 0 Å². The monoisotopic (exact) mass is 446 g/mol. The molecular weight excluding hydrogens is 412 g/mol. The topological polar surface area (TPSA) is 81.1 Å². The zero-order valence-electron chi connectivity index (χ0n) is 20.4. The highest BCUT2D eigenvalue weighted by molar-refractivity contribution is 5.56. The molecule has 0 unspecified atom stereocenters. The molecule has 33 heavy (non-hydrogen) atoms. The van der Waals surface area contributed by atoms with E-state index in [4.69, 9.17) is 14.5 Å². The summed E-state index contributed by atoms with van der Waals surface area (Å²) in [6, 6.07) is 10.5. The van der Waals surface area contributed by atoms with Gasteiger partial charge in [-0.25, -0.2) is 9.50 Å². The highest BCUT2D eigenvalue weighted by Gasteiger charge is 2.21. The van der Waals surface area contributed by atoms with Gasteiger partial charge in [-0.05, 0) is 70.0 Å². The summed E-state index contributed by atoms with van der Waals surface area (Å²) >= 11 is 0. The molecule has 0 amide bonds. The summed E-state index contributed by atoms with van der Waals surface area (Å²) in [6.45, 7) is 12.3. The van der Waals surface area contributed by atoms with Gasteiger partial charge in [0.2, 0.25) is 11.8 Å². The predicted octanol–water partition coefficient (Wildman–Crippen LogP) is 5.04. The molecule has 1 N–H and O–H groups in total. The smallest absolute Gasteiger partial charge is 0.247 e. The molecule has 0 radical (unpaired) electrons. The number of fused-ring (bicyclic) bond motifs is 1. The Morgan fingerprint density at radius 1 is 1.06 bits per heavy atom. The van der Waals surface area contributed by atoms with Gasteiger partial charge in [-0.15, -0.1) is 10.2 Å². The van der Waals surface area contributed by atoms with Crippen molar-refractivity contribution in [3.05, 3.63) is 64.4 Å². The molecule has 4 aromatic rings. The first-order valence-corrected chi connectivity index (χ1v) is 12.1. The molecule has 5 rings (SSSR count). The van der Waals surface area contributed by atoms with E-state index >= 15 is 0 Å². The molecule has 7 nitrogen and oxygen atoms in total. The average molecular weight is 447 g/mol. The third-order valence-corrected chi connectivity index (χ3v) is 6.12. The molecular formula is C26H34N6O. The maximum absolute atomic E-state index is 6.00. The van der Waals surface area contributed by atoms with E-state index < -0.39 is 0 Å². The van der Waals surface area contributed by atoms with E-state index in [1.54, 1.807) is 0 Å². The summed E-state index contributed by atoms with van der Waals surface area (Å²) in [5.41, 5.74) is 7.57. The largest absolute Gasteiger partial charge is 0.420 e. The molecule has 174 valence electrons. The highest BCUT2D eigenvalue weighted by atomic mass is 16.4.